The number of hydrogen-bond donors (Lipinski definition) is 2. The summed E-state index contributed by atoms with van der Waals surface area (Å²) in [5, 5.41) is 5.60. The van der Waals surface area contributed by atoms with E-state index in [9.17, 15) is 14.4 Å². The van der Waals surface area contributed by atoms with E-state index in [1.807, 2.05) is 13.8 Å². The van der Waals surface area contributed by atoms with Gasteiger partial charge in [0.05, 0.1) is 0 Å². The Bertz CT molecular complexity index is 426. The summed E-state index contributed by atoms with van der Waals surface area (Å²) in [6, 6.07) is -0.441. The largest absolute Gasteiger partial charge is 0.354 e. The number of amides is 4. The predicted molar refractivity (Wildman–Crippen MR) is 78.5 cm³/mol. The highest BCUT2D eigenvalue weighted by Crippen LogP contribution is 2.28. The van der Waals surface area contributed by atoms with Gasteiger partial charge in [-0.15, -0.1) is 0 Å². The van der Waals surface area contributed by atoms with Crippen LogP contribution < -0.4 is 10.6 Å². The van der Waals surface area contributed by atoms with Crippen LogP contribution in [-0.2, 0) is 9.59 Å². The molecule has 0 aromatic rings. The van der Waals surface area contributed by atoms with Crippen molar-refractivity contribution in [3.63, 3.8) is 0 Å². The van der Waals surface area contributed by atoms with Crippen LogP contribution in [0.4, 0.5) is 4.79 Å². The normalized spacial score (nSPS) is 20.6. The van der Waals surface area contributed by atoms with Crippen LogP contribution in [0.1, 0.15) is 52.4 Å². The maximum absolute atomic E-state index is 12.6. The van der Waals surface area contributed by atoms with Crippen molar-refractivity contribution in [3.8, 4) is 0 Å². The number of carbonyl (C=O) groups is 3. The van der Waals surface area contributed by atoms with Crippen molar-refractivity contribution in [3.05, 3.63) is 0 Å². The van der Waals surface area contributed by atoms with E-state index >= 15 is 0 Å². The molecule has 1 aliphatic carbocycles. The van der Waals surface area contributed by atoms with Gasteiger partial charge in [-0.25, -0.2) is 4.79 Å². The SMILES string of the molecule is CCCC1(CCC)NC(=O)N(CC(=O)NCC2CC2)C1=O. The van der Waals surface area contributed by atoms with E-state index in [0.717, 1.165) is 30.6 Å². The molecule has 0 unspecified atom stereocenters. The summed E-state index contributed by atoms with van der Waals surface area (Å²) in [6.07, 6.45) is 5.16. The molecule has 118 valence electrons. The zero-order chi connectivity index (χ0) is 15.5. The van der Waals surface area contributed by atoms with Gasteiger partial charge in [0, 0.05) is 6.54 Å². The van der Waals surface area contributed by atoms with Gasteiger partial charge >= 0.3 is 6.03 Å². The number of imide groups is 1. The molecule has 0 aromatic carbocycles. The maximum Gasteiger partial charge on any atom is 0.325 e. The maximum atomic E-state index is 12.6. The fourth-order valence-electron chi connectivity index (χ4n) is 2.92. The van der Waals surface area contributed by atoms with Crippen LogP contribution in [0, 0.1) is 5.92 Å². The molecule has 0 spiro atoms. The third-order valence-corrected chi connectivity index (χ3v) is 4.19. The third kappa shape index (κ3) is 3.54. The highest BCUT2D eigenvalue weighted by Gasteiger charge is 2.50. The number of hydrogen-bond acceptors (Lipinski definition) is 3. The molecule has 0 radical (unpaired) electrons. The summed E-state index contributed by atoms with van der Waals surface area (Å²) in [5.74, 6) is 0.0725. The first-order chi connectivity index (χ1) is 10.0. The highest BCUT2D eigenvalue weighted by atomic mass is 16.2. The first-order valence-electron chi connectivity index (χ1n) is 7.93. The van der Waals surface area contributed by atoms with Gasteiger partial charge in [-0.1, -0.05) is 26.7 Å². The Morgan fingerprint density at radius 3 is 2.43 bits per heavy atom. The second kappa shape index (κ2) is 6.45. The Morgan fingerprint density at radius 1 is 1.29 bits per heavy atom. The van der Waals surface area contributed by atoms with Crippen molar-refractivity contribution >= 4 is 17.8 Å². The van der Waals surface area contributed by atoms with E-state index in [4.69, 9.17) is 0 Å². The molecule has 6 heteroatoms. The van der Waals surface area contributed by atoms with Crippen LogP contribution in [-0.4, -0.2) is 41.4 Å². The Hall–Kier alpha value is -1.59. The fraction of sp³-hybridized carbons (Fsp3) is 0.800. The van der Waals surface area contributed by atoms with E-state index in [1.54, 1.807) is 0 Å². The minimum atomic E-state index is -0.808. The van der Waals surface area contributed by atoms with Gasteiger partial charge in [0.25, 0.3) is 5.91 Å². The molecule has 1 saturated carbocycles. The molecular formula is C15H25N3O3. The molecule has 21 heavy (non-hydrogen) atoms. The van der Waals surface area contributed by atoms with Crippen molar-refractivity contribution in [1.82, 2.24) is 15.5 Å². The van der Waals surface area contributed by atoms with Crippen molar-refractivity contribution in [1.29, 1.82) is 0 Å². The van der Waals surface area contributed by atoms with Crippen LogP contribution in [0.25, 0.3) is 0 Å². The van der Waals surface area contributed by atoms with E-state index in [0.29, 0.717) is 25.3 Å². The van der Waals surface area contributed by atoms with E-state index in [1.165, 1.54) is 0 Å². The molecular weight excluding hydrogens is 270 g/mol. The molecule has 2 N–H and O–H groups in total. The Labute approximate surface area is 125 Å². The molecule has 0 bridgehead atoms. The predicted octanol–water partition coefficient (Wildman–Crippen LogP) is 1.40. The number of carbonyl (C=O) groups excluding carboxylic acids is 3. The van der Waals surface area contributed by atoms with Crippen molar-refractivity contribution < 1.29 is 14.4 Å². The monoisotopic (exact) mass is 295 g/mol. The molecule has 1 saturated heterocycles. The second-order valence-electron chi connectivity index (χ2n) is 6.15. The van der Waals surface area contributed by atoms with E-state index in [-0.39, 0.29) is 18.4 Å². The zero-order valence-corrected chi connectivity index (χ0v) is 12.9. The van der Waals surface area contributed by atoms with Gasteiger partial charge < -0.3 is 10.6 Å². The van der Waals surface area contributed by atoms with Crippen LogP contribution >= 0.6 is 0 Å². The average molecular weight is 295 g/mol. The van der Waals surface area contributed by atoms with Gasteiger partial charge in [-0.3, -0.25) is 14.5 Å². The summed E-state index contributed by atoms with van der Waals surface area (Å²) in [5.41, 5.74) is -0.808. The lowest BCUT2D eigenvalue weighted by Crippen LogP contribution is -2.47. The number of rotatable bonds is 8. The van der Waals surface area contributed by atoms with Crippen molar-refractivity contribution in [2.45, 2.75) is 57.9 Å². The van der Waals surface area contributed by atoms with Gasteiger partial charge in [0.1, 0.15) is 12.1 Å². The second-order valence-corrected chi connectivity index (χ2v) is 6.15. The first kappa shape index (κ1) is 15.8. The molecule has 4 amide bonds. The van der Waals surface area contributed by atoms with Crippen LogP contribution in [0.15, 0.2) is 0 Å². The Balaban J connectivity index is 1.97. The third-order valence-electron chi connectivity index (χ3n) is 4.19. The summed E-state index contributed by atoms with van der Waals surface area (Å²) in [4.78, 5) is 37.5. The summed E-state index contributed by atoms with van der Waals surface area (Å²) in [7, 11) is 0. The van der Waals surface area contributed by atoms with Crippen molar-refractivity contribution in [2.75, 3.05) is 13.1 Å². The highest BCUT2D eigenvalue weighted by molar-refractivity contribution is 6.09. The minimum absolute atomic E-state index is 0.174. The van der Waals surface area contributed by atoms with Gasteiger partial charge in [-0.2, -0.15) is 0 Å². The molecule has 2 fully saturated rings. The average Bonchev–Trinajstić information content (AvgIpc) is 3.22. The van der Waals surface area contributed by atoms with Crippen LogP contribution in [0.5, 0.6) is 0 Å². The van der Waals surface area contributed by atoms with E-state index in [2.05, 4.69) is 10.6 Å². The minimum Gasteiger partial charge on any atom is -0.354 e. The standard InChI is InChI=1S/C15H25N3O3/c1-3-7-15(8-4-2)13(20)18(14(21)17-15)10-12(19)16-9-11-5-6-11/h11H,3-10H2,1-2H3,(H,16,19)(H,17,21). The summed E-state index contributed by atoms with van der Waals surface area (Å²) < 4.78 is 0. The zero-order valence-electron chi connectivity index (χ0n) is 12.9. The molecule has 6 nitrogen and oxygen atoms in total. The Kier molecular flexibility index (Phi) is 4.85. The van der Waals surface area contributed by atoms with Crippen LogP contribution in [0.2, 0.25) is 0 Å². The molecule has 1 aliphatic heterocycles. The molecule has 0 atom stereocenters. The Morgan fingerprint density at radius 2 is 1.90 bits per heavy atom. The fourth-order valence-corrected chi connectivity index (χ4v) is 2.92. The molecule has 0 aromatic heterocycles. The molecule has 1 heterocycles. The van der Waals surface area contributed by atoms with E-state index < -0.39 is 11.6 Å². The lowest BCUT2D eigenvalue weighted by molar-refractivity contribution is -0.135. The van der Waals surface area contributed by atoms with Gasteiger partial charge in [0.2, 0.25) is 5.91 Å². The number of nitrogens with one attached hydrogen (secondary N) is 2. The summed E-state index contributed by atoms with van der Waals surface area (Å²) in [6.45, 7) is 4.45. The number of urea groups is 1. The summed E-state index contributed by atoms with van der Waals surface area (Å²) >= 11 is 0. The van der Waals surface area contributed by atoms with Crippen molar-refractivity contribution in [2.24, 2.45) is 5.92 Å². The molecule has 2 aliphatic rings. The lowest BCUT2D eigenvalue weighted by atomic mass is 9.88. The van der Waals surface area contributed by atoms with Crippen LogP contribution in [0.3, 0.4) is 0 Å². The molecule has 2 rings (SSSR count). The first-order valence-corrected chi connectivity index (χ1v) is 7.93. The number of nitrogens with zero attached hydrogens (tertiary/aromatic N) is 1. The van der Waals surface area contributed by atoms with Gasteiger partial charge in [-0.05, 0) is 31.6 Å². The topological polar surface area (TPSA) is 78.5 Å². The quantitative estimate of drug-likeness (QED) is 0.664. The van der Waals surface area contributed by atoms with Gasteiger partial charge in [0.15, 0.2) is 0 Å². The smallest absolute Gasteiger partial charge is 0.325 e. The lowest BCUT2D eigenvalue weighted by Gasteiger charge is -2.25.